The van der Waals surface area contributed by atoms with Crippen LogP contribution < -0.4 is 4.74 Å². The molecule has 1 aliphatic rings. The van der Waals surface area contributed by atoms with E-state index in [9.17, 15) is 4.79 Å². The van der Waals surface area contributed by atoms with Gasteiger partial charge in [-0.3, -0.25) is 4.79 Å². The van der Waals surface area contributed by atoms with Crippen molar-refractivity contribution in [3.05, 3.63) is 78.3 Å². The Morgan fingerprint density at radius 1 is 1.15 bits per heavy atom. The molecule has 0 spiro atoms. The molecule has 5 rings (SSSR count). The van der Waals surface area contributed by atoms with Gasteiger partial charge in [-0.25, -0.2) is 9.99 Å². The van der Waals surface area contributed by atoms with Crippen LogP contribution in [0.5, 0.6) is 5.75 Å². The predicted octanol–water partition coefficient (Wildman–Crippen LogP) is 5.13. The minimum atomic E-state index is -0.268. The van der Waals surface area contributed by atoms with Crippen LogP contribution in [0.25, 0.3) is 11.0 Å². The van der Waals surface area contributed by atoms with Crippen LogP contribution in [0.15, 0.2) is 81.6 Å². The molecule has 0 fully saturated rings. The van der Waals surface area contributed by atoms with Crippen LogP contribution in [0.4, 0.5) is 0 Å². The molecule has 2 aromatic heterocycles. The van der Waals surface area contributed by atoms with Crippen LogP contribution in [0.2, 0.25) is 0 Å². The molecule has 33 heavy (non-hydrogen) atoms. The van der Waals surface area contributed by atoms with Crippen molar-refractivity contribution in [1.29, 1.82) is 0 Å². The molecule has 0 saturated heterocycles. The monoisotopic (exact) mass is 460 g/mol. The lowest BCUT2D eigenvalue weighted by Gasteiger charge is -2.19. The highest BCUT2D eigenvalue weighted by Crippen LogP contribution is 2.34. The van der Waals surface area contributed by atoms with Crippen molar-refractivity contribution in [3.8, 4) is 5.75 Å². The average molecular weight is 461 g/mol. The first-order valence-corrected chi connectivity index (χ1v) is 11.8. The number of carbonyl (C=O) groups excluding carboxylic acids is 1. The Balaban J connectivity index is 1.39. The molecule has 8 heteroatoms. The predicted molar refractivity (Wildman–Crippen MR) is 129 cm³/mol. The van der Waals surface area contributed by atoms with Crippen molar-refractivity contribution in [2.75, 3.05) is 12.9 Å². The maximum atomic E-state index is 13.3. The number of hydrazone groups is 1. The van der Waals surface area contributed by atoms with Crippen molar-refractivity contribution >= 4 is 34.4 Å². The van der Waals surface area contributed by atoms with Gasteiger partial charge in [0.1, 0.15) is 17.6 Å². The minimum absolute atomic E-state index is 0.0837. The lowest BCUT2D eigenvalue weighted by atomic mass is 10.0. The Hall–Kier alpha value is -3.52. The molecule has 0 aliphatic carbocycles. The van der Waals surface area contributed by atoms with Crippen LogP contribution >= 0.6 is 11.8 Å². The lowest BCUT2D eigenvalue weighted by Crippen LogP contribution is -2.28. The van der Waals surface area contributed by atoms with Gasteiger partial charge in [-0.15, -0.1) is 0 Å². The molecule has 1 aliphatic heterocycles. The SMILES string of the molecule is CCn1c(SCC(=O)N2N=C(c3ccc(OC)cc3)CC2c2ccco2)nc2ccccc21. The Morgan fingerprint density at radius 2 is 1.97 bits per heavy atom. The maximum Gasteiger partial charge on any atom is 0.253 e. The third-order valence-corrected chi connectivity index (χ3v) is 6.68. The number of amides is 1. The average Bonchev–Trinajstić information content (AvgIpc) is 3.60. The van der Waals surface area contributed by atoms with Gasteiger partial charge in [-0.05, 0) is 61.0 Å². The molecule has 0 saturated carbocycles. The second-order valence-electron chi connectivity index (χ2n) is 7.66. The van der Waals surface area contributed by atoms with E-state index in [4.69, 9.17) is 19.2 Å². The van der Waals surface area contributed by atoms with Gasteiger partial charge in [0, 0.05) is 13.0 Å². The third kappa shape index (κ3) is 4.14. The van der Waals surface area contributed by atoms with E-state index in [1.807, 2.05) is 54.6 Å². The maximum absolute atomic E-state index is 13.3. The number of ether oxygens (including phenoxy) is 1. The van der Waals surface area contributed by atoms with E-state index in [2.05, 4.69) is 17.6 Å². The fourth-order valence-electron chi connectivity index (χ4n) is 4.06. The number of fused-ring (bicyclic) bond motifs is 1. The van der Waals surface area contributed by atoms with Crippen LogP contribution in [-0.4, -0.2) is 39.0 Å². The Labute approximate surface area is 196 Å². The Morgan fingerprint density at radius 3 is 2.70 bits per heavy atom. The van der Waals surface area contributed by atoms with Gasteiger partial charge in [-0.1, -0.05) is 23.9 Å². The number of benzene rings is 2. The van der Waals surface area contributed by atoms with E-state index in [0.29, 0.717) is 6.42 Å². The molecular weight excluding hydrogens is 436 g/mol. The molecular formula is C25H24N4O3S. The number of imidazole rings is 1. The summed E-state index contributed by atoms with van der Waals surface area (Å²) < 4.78 is 13.0. The molecule has 1 amide bonds. The van der Waals surface area contributed by atoms with Crippen LogP contribution in [0, 0.1) is 0 Å². The smallest absolute Gasteiger partial charge is 0.253 e. The second kappa shape index (κ2) is 9.15. The first-order valence-electron chi connectivity index (χ1n) is 10.8. The normalized spacial score (nSPS) is 15.8. The van der Waals surface area contributed by atoms with E-state index in [1.54, 1.807) is 18.4 Å². The van der Waals surface area contributed by atoms with Gasteiger partial charge >= 0.3 is 0 Å². The van der Waals surface area contributed by atoms with Crippen molar-refractivity contribution < 1.29 is 13.9 Å². The van der Waals surface area contributed by atoms with Gasteiger partial charge in [0.05, 0.1) is 35.9 Å². The zero-order chi connectivity index (χ0) is 22.8. The highest BCUT2D eigenvalue weighted by atomic mass is 32.2. The largest absolute Gasteiger partial charge is 0.497 e. The number of hydrogen-bond acceptors (Lipinski definition) is 6. The fourth-order valence-corrected chi connectivity index (χ4v) is 4.99. The molecule has 7 nitrogen and oxygen atoms in total. The highest BCUT2D eigenvalue weighted by Gasteiger charge is 2.35. The highest BCUT2D eigenvalue weighted by molar-refractivity contribution is 7.99. The van der Waals surface area contributed by atoms with Crippen LogP contribution in [-0.2, 0) is 11.3 Å². The zero-order valence-corrected chi connectivity index (χ0v) is 19.3. The van der Waals surface area contributed by atoms with E-state index < -0.39 is 0 Å². The van der Waals surface area contributed by atoms with Gasteiger partial charge in [0.25, 0.3) is 5.91 Å². The summed E-state index contributed by atoms with van der Waals surface area (Å²) in [7, 11) is 1.64. The summed E-state index contributed by atoms with van der Waals surface area (Å²) in [5.74, 6) is 1.66. The Bertz CT molecular complexity index is 1300. The number of para-hydroxylation sites is 2. The summed E-state index contributed by atoms with van der Waals surface area (Å²) in [6, 6.07) is 19.2. The first-order chi connectivity index (χ1) is 16.2. The number of furan rings is 1. The van der Waals surface area contributed by atoms with E-state index in [1.165, 1.54) is 11.8 Å². The van der Waals surface area contributed by atoms with E-state index in [0.717, 1.165) is 45.5 Å². The van der Waals surface area contributed by atoms with Crippen LogP contribution in [0.1, 0.15) is 30.7 Å². The van der Waals surface area contributed by atoms with Crippen molar-refractivity contribution in [2.45, 2.75) is 31.1 Å². The number of aromatic nitrogens is 2. The number of nitrogens with zero attached hydrogens (tertiary/aromatic N) is 4. The fraction of sp³-hybridized carbons (Fsp3) is 0.240. The number of methoxy groups -OCH3 is 1. The number of carbonyl (C=O) groups is 1. The molecule has 1 unspecified atom stereocenters. The summed E-state index contributed by atoms with van der Waals surface area (Å²) in [5.41, 5.74) is 3.81. The quantitative estimate of drug-likeness (QED) is 0.358. The van der Waals surface area contributed by atoms with Crippen molar-refractivity contribution in [3.63, 3.8) is 0 Å². The summed E-state index contributed by atoms with van der Waals surface area (Å²) in [5, 5.41) is 7.10. The molecule has 168 valence electrons. The van der Waals surface area contributed by atoms with Crippen LogP contribution in [0.3, 0.4) is 0 Å². The zero-order valence-electron chi connectivity index (χ0n) is 18.5. The van der Waals surface area contributed by atoms with Crippen molar-refractivity contribution in [1.82, 2.24) is 14.6 Å². The van der Waals surface area contributed by atoms with E-state index in [-0.39, 0.29) is 17.7 Å². The molecule has 3 heterocycles. The molecule has 0 radical (unpaired) electrons. The molecule has 4 aromatic rings. The summed E-state index contributed by atoms with van der Waals surface area (Å²) in [6.07, 6.45) is 2.21. The van der Waals surface area contributed by atoms with Crippen molar-refractivity contribution in [2.24, 2.45) is 5.10 Å². The first kappa shape index (κ1) is 21.3. The number of aryl methyl sites for hydroxylation is 1. The molecule has 2 aromatic carbocycles. The summed E-state index contributed by atoms with van der Waals surface area (Å²) >= 11 is 1.44. The standard InChI is InChI=1S/C25H24N4O3S/c1-3-28-21-8-5-4-7-19(21)26-25(28)33-16-24(30)29-22(23-9-6-14-32-23)15-20(27-29)17-10-12-18(31-2)13-11-17/h4-14,22H,3,15-16H2,1-2H3. The second-order valence-corrected chi connectivity index (χ2v) is 8.61. The molecule has 0 N–H and O–H groups in total. The minimum Gasteiger partial charge on any atom is -0.497 e. The topological polar surface area (TPSA) is 72.9 Å². The number of thioether (sulfide) groups is 1. The number of rotatable bonds is 7. The van der Waals surface area contributed by atoms with Gasteiger partial charge in [-0.2, -0.15) is 5.10 Å². The molecule has 1 atom stereocenters. The third-order valence-electron chi connectivity index (χ3n) is 5.72. The summed E-state index contributed by atoms with van der Waals surface area (Å²) in [4.78, 5) is 18.0. The molecule has 0 bridgehead atoms. The van der Waals surface area contributed by atoms with Gasteiger partial charge in [0.15, 0.2) is 5.16 Å². The lowest BCUT2D eigenvalue weighted by molar-refractivity contribution is -0.130. The number of hydrogen-bond donors (Lipinski definition) is 0. The summed E-state index contributed by atoms with van der Waals surface area (Å²) in [6.45, 7) is 2.87. The van der Waals surface area contributed by atoms with Gasteiger partial charge in [0.2, 0.25) is 0 Å². The Kier molecular flexibility index (Phi) is 5.92. The van der Waals surface area contributed by atoms with Gasteiger partial charge < -0.3 is 13.7 Å². The van der Waals surface area contributed by atoms with E-state index >= 15 is 0 Å².